The number of benzene rings is 4. The van der Waals surface area contributed by atoms with E-state index in [-0.39, 0.29) is 29.8 Å². The van der Waals surface area contributed by atoms with Gasteiger partial charge in [-0.15, -0.1) is 0 Å². The van der Waals surface area contributed by atoms with Crippen LogP contribution < -0.4 is 9.62 Å². The van der Waals surface area contributed by atoms with Crippen LogP contribution in [0.15, 0.2) is 106 Å². The van der Waals surface area contributed by atoms with Crippen LogP contribution >= 0.6 is 39.1 Å². The van der Waals surface area contributed by atoms with Crippen molar-refractivity contribution in [1.82, 2.24) is 10.2 Å². The molecular weight excluding hydrogens is 721 g/mol. The standard InChI is InChI=1S/C36H36BrCl2N3O4S/c1-25-11-19-32(20-12-25)47(45,46)42(31-17-14-28(37)15-18-31)24-35(43)41(23-27-13-16-29(38)22-33(27)39)34(21-26-7-3-2-4-8-26)36(44)40-30-9-5-6-10-30/h2-4,7-8,11-20,22,30,34H,5-6,9-10,21,23-24H2,1H3,(H,40,44)/t34-/m1/s1. The summed E-state index contributed by atoms with van der Waals surface area (Å²) in [5.74, 6) is -0.854. The Labute approximate surface area is 295 Å². The molecule has 0 spiro atoms. The van der Waals surface area contributed by atoms with Crippen molar-refractivity contribution < 1.29 is 18.0 Å². The number of hydrogen-bond donors (Lipinski definition) is 1. The summed E-state index contributed by atoms with van der Waals surface area (Å²) in [5, 5.41) is 3.94. The number of rotatable bonds is 12. The van der Waals surface area contributed by atoms with Gasteiger partial charge in [0.15, 0.2) is 0 Å². The molecule has 0 aliphatic heterocycles. The van der Waals surface area contributed by atoms with Crippen LogP contribution in [0.4, 0.5) is 5.69 Å². The van der Waals surface area contributed by atoms with Crippen molar-refractivity contribution in [1.29, 1.82) is 0 Å². The van der Waals surface area contributed by atoms with Crippen molar-refractivity contribution >= 4 is 66.7 Å². The molecule has 1 N–H and O–H groups in total. The number of nitrogens with zero attached hydrogens (tertiary/aromatic N) is 2. The summed E-state index contributed by atoms with van der Waals surface area (Å²) >= 11 is 16.2. The highest BCUT2D eigenvalue weighted by atomic mass is 79.9. The van der Waals surface area contributed by atoms with E-state index in [9.17, 15) is 18.0 Å². The number of amides is 2. The van der Waals surface area contributed by atoms with Crippen molar-refractivity contribution in [3.05, 3.63) is 128 Å². The first-order valence-corrected chi connectivity index (χ1v) is 18.4. The molecule has 246 valence electrons. The number of anilines is 1. The molecule has 1 aliphatic rings. The second-order valence-electron chi connectivity index (χ2n) is 11.8. The molecule has 47 heavy (non-hydrogen) atoms. The maximum Gasteiger partial charge on any atom is 0.264 e. The third-order valence-corrected chi connectivity index (χ3v) is 11.2. The van der Waals surface area contributed by atoms with Crippen molar-refractivity contribution in [2.24, 2.45) is 0 Å². The highest BCUT2D eigenvalue weighted by molar-refractivity contribution is 9.10. The Morgan fingerprint density at radius 2 is 1.57 bits per heavy atom. The van der Waals surface area contributed by atoms with E-state index in [1.807, 2.05) is 37.3 Å². The molecule has 1 atom stereocenters. The SMILES string of the molecule is Cc1ccc(S(=O)(=O)N(CC(=O)N(Cc2ccc(Cl)cc2Cl)[C@H](Cc2ccccc2)C(=O)NC2CCCC2)c2ccc(Br)cc2)cc1. The van der Waals surface area contributed by atoms with Gasteiger partial charge >= 0.3 is 0 Å². The second-order valence-corrected chi connectivity index (χ2v) is 15.4. The Morgan fingerprint density at radius 1 is 0.915 bits per heavy atom. The molecule has 7 nitrogen and oxygen atoms in total. The van der Waals surface area contributed by atoms with Gasteiger partial charge in [-0.3, -0.25) is 13.9 Å². The lowest BCUT2D eigenvalue weighted by Gasteiger charge is -2.34. The Hall–Kier alpha value is -3.37. The molecule has 0 saturated heterocycles. The van der Waals surface area contributed by atoms with Gasteiger partial charge < -0.3 is 10.2 Å². The van der Waals surface area contributed by atoms with E-state index in [4.69, 9.17) is 23.2 Å². The fraction of sp³-hybridized carbons (Fsp3) is 0.278. The van der Waals surface area contributed by atoms with E-state index in [2.05, 4.69) is 21.2 Å². The first kappa shape index (κ1) is 35.0. The van der Waals surface area contributed by atoms with Crippen LogP contribution in [-0.2, 0) is 32.6 Å². The number of halogens is 3. The van der Waals surface area contributed by atoms with Gasteiger partial charge in [-0.05, 0) is 79.4 Å². The summed E-state index contributed by atoms with van der Waals surface area (Å²) in [7, 11) is -4.20. The van der Waals surface area contributed by atoms with Gasteiger partial charge in [0.05, 0.1) is 10.6 Å². The molecule has 0 aromatic heterocycles. The van der Waals surface area contributed by atoms with Gasteiger partial charge in [-0.1, -0.05) is 106 Å². The quantitative estimate of drug-likeness (QED) is 0.159. The first-order valence-electron chi connectivity index (χ1n) is 15.4. The average molecular weight is 758 g/mol. The summed E-state index contributed by atoms with van der Waals surface area (Å²) in [6.45, 7) is 1.28. The van der Waals surface area contributed by atoms with Crippen LogP contribution in [0.2, 0.25) is 10.0 Å². The van der Waals surface area contributed by atoms with Crippen molar-refractivity contribution in [3.8, 4) is 0 Å². The van der Waals surface area contributed by atoms with Crippen LogP contribution in [0.25, 0.3) is 0 Å². The van der Waals surface area contributed by atoms with Crippen LogP contribution in [0.3, 0.4) is 0 Å². The van der Waals surface area contributed by atoms with Gasteiger partial charge in [-0.25, -0.2) is 8.42 Å². The number of sulfonamides is 1. The summed E-state index contributed by atoms with van der Waals surface area (Å²) in [5.41, 5.74) is 2.64. The number of aryl methyl sites for hydroxylation is 1. The minimum Gasteiger partial charge on any atom is -0.352 e. The Morgan fingerprint density at radius 3 is 2.21 bits per heavy atom. The summed E-state index contributed by atoms with van der Waals surface area (Å²) < 4.78 is 30.2. The van der Waals surface area contributed by atoms with Crippen molar-refractivity contribution in [2.75, 3.05) is 10.8 Å². The number of nitrogens with one attached hydrogen (secondary N) is 1. The summed E-state index contributed by atoms with van der Waals surface area (Å²) in [6, 6.07) is 26.7. The zero-order valence-electron chi connectivity index (χ0n) is 25.9. The Balaban J connectivity index is 1.58. The van der Waals surface area contributed by atoms with Crippen molar-refractivity contribution in [3.63, 3.8) is 0 Å². The van der Waals surface area contributed by atoms with Crippen LogP contribution in [0.1, 0.15) is 42.4 Å². The van der Waals surface area contributed by atoms with E-state index in [1.165, 1.54) is 17.0 Å². The summed E-state index contributed by atoms with van der Waals surface area (Å²) in [6.07, 6.45) is 4.01. The minimum absolute atomic E-state index is 0.0121. The smallest absolute Gasteiger partial charge is 0.264 e. The maximum atomic E-state index is 14.6. The predicted molar refractivity (Wildman–Crippen MR) is 191 cm³/mol. The molecule has 1 aliphatic carbocycles. The van der Waals surface area contributed by atoms with E-state index >= 15 is 0 Å². The largest absolute Gasteiger partial charge is 0.352 e. The van der Waals surface area contributed by atoms with Crippen LogP contribution in [-0.4, -0.2) is 43.8 Å². The third kappa shape index (κ3) is 8.96. The van der Waals surface area contributed by atoms with Gasteiger partial charge in [0, 0.05) is 33.5 Å². The first-order chi connectivity index (χ1) is 22.5. The normalized spacial score (nSPS) is 14.0. The van der Waals surface area contributed by atoms with Gasteiger partial charge in [0.1, 0.15) is 12.6 Å². The topological polar surface area (TPSA) is 86.8 Å². The van der Waals surface area contributed by atoms with E-state index in [1.54, 1.807) is 54.6 Å². The molecule has 1 saturated carbocycles. The fourth-order valence-corrected chi connectivity index (χ4v) is 7.88. The lowest BCUT2D eigenvalue weighted by molar-refractivity contribution is -0.140. The number of carbonyl (C=O) groups excluding carboxylic acids is 2. The maximum absolute atomic E-state index is 14.6. The van der Waals surface area contributed by atoms with E-state index in [0.29, 0.717) is 21.3 Å². The highest BCUT2D eigenvalue weighted by Gasteiger charge is 2.36. The second kappa shape index (κ2) is 15.7. The Kier molecular flexibility index (Phi) is 11.7. The molecule has 0 bridgehead atoms. The zero-order valence-corrected chi connectivity index (χ0v) is 29.8. The summed E-state index contributed by atoms with van der Waals surface area (Å²) in [4.78, 5) is 30.3. The van der Waals surface area contributed by atoms with E-state index < -0.39 is 28.5 Å². The van der Waals surface area contributed by atoms with Gasteiger partial charge in [0.2, 0.25) is 11.8 Å². The van der Waals surface area contributed by atoms with Gasteiger partial charge in [0.25, 0.3) is 10.0 Å². The van der Waals surface area contributed by atoms with E-state index in [0.717, 1.165) is 45.6 Å². The van der Waals surface area contributed by atoms with Crippen LogP contribution in [0.5, 0.6) is 0 Å². The minimum atomic E-state index is -4.20. The molecule has 1 fully saturated rings. The average Bonchev–Trinajstić information content (AvgIpc) is 3.56. The Bertz CT molecular complexity index is 1800. The van der Waals surface area contributed by atoms with Gasteiger partial charge in [-0.2, -0.15) is 0 Å². The molecule has 2 amide bonds. The molecular formula is C36H36BrCl2N3O4S. The molecule has 11 heteroatoms. The molecule has 0 radical (unpaired) electrons. The van der Waals surface area contributed by atoms with Crippen molar-refractivity contribution in [2.45, 2.75) is 62.6 Å². The molecule has 0 heterocycles. The molecule has 4 aromatic rings. The number of hydrogen-bond acceptors (Lipinski definition) is 4. The monoisotopic (exact) mass is 755 g/mol. The fourth-order valence-electron chi connectivity index (χ4n) is 5.73. The predicted octanol–water partition coefficient (Wildman–Crippen LogP) is 7.96. The zero-order chi connectivity index (χ0) is 33.6. The molecule has 0 unspecified atom stereocenters. The lowest BCUT2D eigenvalue weighted by atomic mass is 10.0. The van der Waals surface area contributed by atoms with Crippen LogP contribution in [0, 0.1) is 6.92 Å². The lowest BCUT2D eigenvalue weighted by Crippen LogP contribution is -2.54. The highest BCUT2D eigenvalue weighted by Crippen LogP contribution is 2.28. The number of carbonyl (C=O) groups is 2. The third-order valence-electron chi connectivity index (χ3n) is 8.33. The molecule has 4 aromatic carbocycles. The molecule has 5 rings (SSSR count).